The third-order valence-corrected chi connectivity index (χ3v) is 2.24. The number of hydrogen-bond acceptors (Lipinski definition) is 4. The Balaban J connectivity index is 2.10. The molecule has 0 bridgehead atoms. The summed E-state index contributed by atoms with van der Waals surface area (Å²) in [6, 6.07) is 0. The Bertz CT molecular complexity index is 332. The Morgan fingerprint density at radius 1 is 1.44 bits per heavy atom. The summed E-state index contributed by atoms with van der Waals surface area (Å²) < 4.78 is 1.83. The van der Waals surface area contributed by atoms with E-state index in [4.69, 9.17) is 0 Å². The average molecular weight is 224 g/mol. The Kier molecular flexibility index (Phi) is 5.11. The van der Waals surface area contributed by atoms with Crippen LogP contribution in [0.15, 0.2) is 6.20 Å². The van der Waals surface area contributed by atoms with E-state index in [1.54, 1.807) is 0 Å². The van der Waals surface area contributed by atoms with E-state index in [0.29, 0.717) is 18.7 Å². The first-order valence-corrected chi connectivity index (χ1v) is 5.61. The van der Waals surface area contributed by atoms with E-state index in [-0.39, 0.29) is 0 Å². The van der Waals surface area contributed by atoms with Gasteiger partial charge in [0.05, 0.1) is 12.2 Å². The standard InChI is InChI=1S/C11H20N4O/c1-10-8-15(13-12-10)7-5-4-6-11(16)9-14(2)3/h8H,4-7,9H2,1-3H3. The molecular weight excluding hydrogens is 204 g/mol. The molecule has 0 aliphatic heterocycles. The summed E-state index contributed by atoms with van der Waals surface area (Å²) in [6.07, 6.45) is 4.47. The summed E-state index contributed by atoms with van der Waals surface area (Å²) in [5, 5.41) is 7.86. The van der Waals surface area contributed by atoms with E-state index in [1.165, 1.54) is 0 Å². The summed E-state index contributed by atoms with van der Waals surface area (Å²) in [4.78, 5) is 13.3. The minimum atomic E-state index is 0.305. The minimum Gasteiger partial charge on any atom is -0.302 e. The lowest BCUT2D eigenvalue weighted by atomic mass is 10.1. The molecule has 16 heavy (non-hydrogen) atoms. The molecule has 0 saturated heterocycles. The van der Waals surface area contributed by atoms with Gasteiger partial charge in [-0.05, 0) is 33.9 Å². The monoisotopic (exact) mass is 224 g/mol. The van der Waals surface area contributed by atoms with E-state index < -0.39 is 0 Å². The highest BCUT2D eigenvalue weighted by atomic mass is 16.1. The topological polar surface area (TPSA) is 51.0 Å². The van der Waals surface area contributed by atoms with Crippen LogP contribution in [0.3, 0.4) is 0 Å². The SMILES string of the molecule is Cc1cn(CCCCC(=O)CN(C)C)nn1. The quantitative estimate of drug-likeness (QED) is 0.645. The number of rotatable bonds is 7. The molecule has 90 valence electrons. The number of ketones is 1. The number of Topliss-reactive ketones (excluding diaryl/α,β-unsaturated/α-hetero) is 1. The van der Waals surface area contributed by atoms with Gasteiger partial charge in [0.2, 0.25) is 0 Å². The van der Waals surface area contributed by atoms with Crippen molar-refractivity contribution in [2.45, 2.75) is 32.7 Å². The molecule has 0 spiro atoms. The fraction of sp³-hybridized carbons (Fsp3) is 0.727. The third kappa shape index (κ3) is 5.02. The van der Waals surface area contributed by atoms with Crippen LogP contribution in [0.2, 0.25) is 0 Å². The smallest absolute Gasteiger partial charge is 0.146 e. The zero-order valence-corrected chi connectivity index (χ0v) is 10.3. The van der Waals surface area contributed by atoms with Crippen LogP contribution in [0.4, 0.5) is 0 Å². The van der Waals surface area contributed by atoms with Crippen molar-refractivity contribution in [3.8, 4) is 0 Å². The number of carbonyl (C=O) groups excluding carboxylic acids is 1. The van der Waals surface area contributed by atoms with E-state index in [2.05, 4.69) is 10.3 Å². The van der Waals surface area contributed by atoms with Crippen LogP contribution < -0.4 is 0 Å². The molecule has 0 fully saturated rings. The van der Waals surface area contributed by atoms with Gasteiger partial charge in [0.25, 0.3) is 0 Å². The molecule has 0 amide bonds. The van der Waals surface area contributed by atoms with E-state index in [1.807, 2.05) is 36.8 Å². The van der Waals surface area contributed by atoms with Crippen LogP contribution in [-0.2, 0) is 11.3 Å². The molecule has 0 aliphatic rings. The minimum absolute atomic E-state index is 0.305. The highest BCUT2D eigenvalue weighted by Gasteiger charge is 2.03. The summed E-state index contributed by atoms with van der Waals surface area (Å²) >= 11 is 0. The highest BCUT2D eigenvalue weighted by Crippen LogP contribution is 2.00. The first-order chi connectivity index (χ1) is 7.58. The number of unbranched alkanes of at least 4 members (excludes halogenated alkanes) is 1. The van der Waals surface area contributed by atoms with Gasteiger partial charge in [-0.25, -0.2) is 0 Å². The molecule has 0 aliphatic carbocycles. The highest BCUT2D eigenvalue weighted by molar-refractivity contribution is 5.80. The molecule has 1 heterocycles. The number of aromatic nitrogens is 3. The summed E-state index contributed by atoms with van der Waals surface area (Å²) in [5.41, 5.74) is 0.934. The van der Waals surface area contributed by atoms with E-state index in [9.17, 15) is 4.79 Å². The third-order valence-electron chi connectivity index (χ3n) is 2.24. The normalized spacial score (nSPS) is 11.0. The van der Waals surface area contributed by atoms with Gasteiger partial charge < -0.3 is 4.90 Å². The van der Waals surface area contributed by atoms with Crippen molar-refractivity contribution in [2.75, 3.05) is 20.6 Å². The van der Waals surface area contributed by atoms with Crippen molar-refractivity contribution in [1.29, 1.82) is 0 Å². The number of aryl methyl sites for hydroxylation is 2. The lowest BCUT2D eigenvalue weighted by Gasteiger charge is -2.07. The Morgan fingerprint density at radius 3 is 2.75 bits per heavy atom. The van der Waals surface area contributed by atoms with Gasteiger partial charge in [0.1, 0.15) is 5.78 Å². The van der Waals surface area contributed by atoms with Crippen LogP contribution in [0, 0.1) is 6.92 Å². The predicted molar refractivity (Wildman–Crippen MR) is 62.2 cm³/mol. The van der Waals surface area contributed by atoms with Crippen molar-refractivity contribution in [2.24, 2.45) is 0 Å². The molecule has 5 heteroatoms. The number of hydrogen-bond donors (Lipinski definition) is 0. The first kappa shape index (κ1) is 12.8. The molecular formula is C11H20N4O. The molecule has 1 aromatic rings. The van der Waals surface area contributed by atoms with Crippen LogP contribution in [0.25, 0.3) is 0 Å². The van der Waals surface area contributed by atoms with E-state index >= 15 is 0 Å². The molecule has 0 saturated carbocycles. The van der Waals surface area contributed by atoms with Crippen molar-refractivity contribution < 1.29 is 4.79 Å². The average Bonchev–Trinajstić information content (AvgIpc) is 2.58. The van der Waals surface area contributed by atoms with Gasteiger partial charge in [0.15, 0.2) is 0 Å². The van der Waals surface area contributed by atoms with Gasteiger partial charge in [0, 0.05) is 19.2 Å². The maximum absolute atomic E-state index is 11.4. The Morgan fingerprint density at radius 2 is 2.19 bits per heavy atom. The maximum atomic E-state index is 11.4. The summed E-state index contributed by atoms with van der Waals surface area (Å²) in [6.45, 7) is 3.31. The van der Waals surface area contributed by atoms with Gasteiger partial charge in [-0.3, -0.25) is 9.48 Å². The molecule has 0 radical (unpaired) electrons. The first-order valence-electron chi connectivity index (χ1n) is 5.61. The molecule has 0 atom stereocenters. The lowest BCUT2D eigenvalue weighted by Crippen LogP contribution is -2.21. The lowest BCUT2D eigenvalue weighted by molar-refractivity contribution is -0.119. The zero-order valence-electron chi connectivity index (χ0n) is 10.3. The van der Waals surface area contributed by atoms with Crippen molar-refractivity contribution in [3.05, 3.63) is 11.9 Å². The largest absolute Gasteiger partial charge is 0.302 e. The zero-order chi connectivity index (χ0) is 12.0. The molecule has 1 aromatic heterocycles. The molecule has 0 aromatic carbocycles. The van der Waals surface area contributed by atoms with Gasteiger partial charge >= 0.3 is 0 Å². The second kappa shape index (κ2) is 6.37. The fourth-order valence-electron chi connectivity index (χ4n) is 1.53. The molecule has 1 rings (SSSR count). The van der Waals surface area contributed by atoms with Crippen molar-refractivity contribution in [1.82, 2.24) is 19.9 Å². The van der Waals surface area contributed by atoms with Crippen LogP contribution in [0.5, 0.6) is 0 Å². The number of carbonyl (C=O) groups is 1. The van der Waals surface area contributed by atoms with Crippen LogP contribution in [-0.4, -0.2) is 46.3 Å². The van der Waals surface area contributed by atoms with Crippen molar-refractivity contribution in [3.63, 3.8) is 0 Å². The van der Waals surface area contributed by atoms with Gasteiger partial charge in [-0.15, -0.1) is 5.10 Å². The van der Waals surface area contributed by atoms with Crippen LogP contribution in [0.1, 0.15) is 25.0 Å². The fourth-order valence-corrected chi connectivity index (χ4v) is 1.53. The van der Waals surface area contributed by atoms with Gasteiger partial charge in [-0.1, -0.05) is 5.21 Å². The maximum Gasteiger partial charge on any atom is 0.146 e. The molecule has 0 unspecified atom stereocenters. The molecule has 5 nitrogen and oxygen atoms in total. The second-order valence-corrected chi connectivity index (χ2v) is 4.36. The Labute approximate surface area is 96.4 Å². The number of nitrogens with zero attached hydrogens (tertiary/aromatic N) is 4. The molecule has 0 N–H and O–H groups in total. The second-order valence-electron chi connectivity index (χ2n) is 4.36. The Hall–Kier alpha value is -1.23. The van der Waals surface area contributed by atoms with E-state index in [0.717, 1.165) is 25.1 Å². The van der Waals surface area contributed by atoms with Crippen molar-refractivity contribution >= 4 is 5.78 Å². The van der Waals surface area contributed by atoms with Gasteiger partial charge in [-0.2, -0.15) is 0 Å². The summed E-state index contributed by atoms with van der Waals surface area (Å²) in [7, 11) is 3.83. The predicted octanol–water partition coefficient (Wildman–Crippen LogP) is 0.888. The number of likely N-dealkylation sites (N-methyl/N-ethyl adjacent to an activating group) is 1. The summed E-state index contributed by atoms with van der Waals surface area (Å²) in [5.74, 6) is 0.305. The van der Waals surface area contributed by atoms with Crippen LogP contribution >= 0.6 is 0 Å².